The Morgan fingerprint density at radius 2 is 0.884 bits per heavy atom. The zero-order valence-corrected chi connectivity index (χ0v) is 39.5. The number of para-hydroxylation sites is 4. The Balaban J connectivity index is 1.12. The molecule has 10 aromatic carbocycles. The molecule has 0 atom stereocenters. The van der Waals surface area contributed by atoms with Gasteiger partial charge in [-0.3, -0.25) is 0 Å². The third-order valence-corrected chi connectivity index (χ3v) is 16.1. The van der Waals surface area contributed by atoms with E-state index in [2.05, 4.69) is 254 Å². The van der Waals surface area contributed by atoms with E-state index in [9.17, 15) is 0 Å². The van der Waals surface area contributed by atoms with Gasteiger partial charge in [0.2, 0.25) is 6.71 Å². The van der Waals surface area contributed by atoms with Gasteiger partial charge >= 0.3 is 0 Å². The van der Waals surface area contributed by atoms with Gasteiger partial charge in [-0.15, -0.1) is 0 Å². The Morgan fingerprint density at radius 1 is 0.348 bits per heavy atom. The molecule has 3 nitrogen and oxygen atoms in total. The van der Waals surface area contributed by atoms with Crippen LogP contribution in [-0.4, -0.2) is 18.0 Å². The summed E-state index contributed by atoms with van der Waals surface area (Å²) in [4.78, 5) is 7.76. The average Bonchev–Trinajstić information content (AvgIpc) is 3.72. The monoisotopic (exact) mass is 897 g/mol. The lowest BCUT2D eigenvalue weighted by atomic mass is 9.31. The molecule has 0 unspecified atom stereocenters. The Bertz CT molecular complexity index is 3810. The van der Waals surface area contributed by atoms with E-state index in [1.807, 2.05) is 11.8 Å². The summed E-state index contributed by atoms with van der Waals surface area (Å²) in [6, 6.07) is 81.9. The van der Waals surface area contributed by atoms with Gasteiger partial charge in [-0.05, 0) is 115 Å². The van der Waals surface area contributed by atoms with Gasteiger partial charge in [0.05, 0.1) is 16.7 Å². The second kappa shape index (κ2) is 15.6. The van der Waals surface area contributed by atoms with Crippen LogP contribution in [0.25, 0.3) is 38.6 Å². The third-order valence-electron chi connectivity index (χ3n) is 14.9. The standard InChI is InChI=1S/C63H45B2N3S/c1-40-33-41(2)62(42(3)34-40)65-51-27-15-18-30-60(51)69-61-39-57-52(38-53(61)65)64-50-32-31-44(43-19-7-4-8-20-43)35-56(50)66(45-21-9-5-10-22-45)58-36-47(37-59(63(58)64)67(57)46-23-11-6-12-24-46)68-54-28-16-13-25-48(54)49-26-14-17-29-55(49)68/h4-39H,1-3H3. The van der Waals surface area contributed by atoms with E-state index in [0.29, 0.717) is 0 Å². The largest absolute Gasteiger partial charge is 0.311 e. The van der Waals surface area contributed by atoms with E-state index >= 15 is 0 Å². The third kappa shape index (κ3) is 6.11. The molecule has 0 saturated heterocycles. The first-order valence-corrected chi connectivity index (χ1v) is 24.9. The maximum absolute atomic E-state index is 2.62. The van der Waals surface area contributed by atoms with Crippen molar-refractivity contribution in [1.29, 1.82) is 0 Å². The summed E-state index contributed by atoms with van der Waals surface area (Å²) in [5.74, 6) is 0. The van der Waals surface area contributed by atoms with Crippen molar-refractivity contribution in [3.05, 3.63) is 235 Å². The Labute approximate surface area is 408 Å². The van der Waals surface area contributed by atoms with Crippen LogP contribution in [-0.2, 0) is 0 Å². The molecule has 3 aliphatic heterocycles. The van der Waals surface area contributed by atoms with Crippen LogP contribution in [0.15, 0.2) is 228 Å². The lowest BCUT2D eigenvalue weighted by Crippen LogP contribution is -2.64. The lowest BCUT2D eigenvalue weighted by molar-refractivity contribution is 1.16. The fourth-order valence-electron chi connectivity index (χ4n) is 12.2. The van der Waals surface area contributed by atoms with E-state index in [0.717, 1.165) is 17.1 Å². The minimum Gasteiger partial charge on any atom is -0.311 e. The molecule has 69 heavy (non-hydrogen) atoms. The average molecular weight is 898 g/mol. The van der Waals surface area contributed by atoms with Crippen molar-refractivity contribution in [2.24, 2.45) is 0 Å². The summed E-state index contributed by atoms with van der Waals surface area (Å²) in [5.41, 5.74) is 25.0. The van der Waals surface area contributed by atoms with Crippen molar-refractivity contribution in [3.63, 3.8) is 0 Å². The first-order valence-electron chi connectivity index (χ1n) is 24.1. The minimum absolute atomic E-state index is 0.0646. The fourth-order valence-corrected chi connectivity index (χ4v) is 13.4. The molecule has 0 aliphatic carbocycles. The van der Waals surface area contributed by atoms with Crippen molar-refractivity contribution >= 4 is 114 Å². The molecule has 0 fully saturated rings. The summed E-state index contributed by atoms with van der Waals surface area (Å²) < 4.78 is 2.49. The Morgan fingerprint density at radius 3 is 1.52 bits per heavy atom. The van der Waals surface area contributed by atoms with Crippen LogP contribution in [0, 0.1) is 20.8 Å². The molecule has 1 aromatic heterocycles. The van der Waals surface area contributed by atoms with E-state index in [1.54, 1.807) is 0 Å². The number of rotatable bonds is 5. The maximum atomic E-state index is 2.62. The van der Waals surface area contributed by atoms with Gasteiger partial charge < -0.3 is 14.4 Å². The first-order chi connectivity index (χ1) is 34.0. The predicted octanol–water partition coefficient (Wildman–Crippen LogP) is 12.4. The molecule has 324 valence electrons. The van der Waals surface area contributed by atoms with Crippen molar-refractivity contribution in [2.45, 2.75) is 30.6 Å². The van der Waals surface area contributed by atoms with Gasteiger partial charge in [0.25, 0.3) is 6.71 Å². The minimum atomic E-state index is -0.0646. The number of anilines is 6. The lowest BCUT2D eigenvalue weighted by Gasteiger charge is -2.45. The molecular formula is C63H45B2N3S. The second-order valence-electron chi connectivity index (χ2n) is 19.0. The van der Waals surface area contributed by atoms with Gasteiger partial charge in [0.15, 0.2) is 0 Å². The van der Waals surface area contributed by atoms with Crippen molar-refractivity contribution in [1.82, 2.24) is 4.57 Å². The molecule has 0 radical (unpaired) electrons. The molecule has 0 spiro atoms. The van der Waals surface area contributed by atoms with Crippen LogP contribution in [0.1, 0.15) is 16.7 Å². The molecule has 0 saturated carbocycles. The Hall–Kier alpha value is -7.92. The molecule has 4 heterocycles. The van der Waals surface area contributed by atoms with Crippen LogP contribution >= 0.6 is 11.8 Å². The Kier molecular flexibility index (Phi) is 9.06. The van der Waals surface area contributed by atoms with E-state index in [1.165, 1.54) is 115 Å². The second-order valence-corrected chi connectivity index (χ2v) is 20.1. The zero-order chi connectivity index (χ0) is 45.9. The van der Waals surface area contributed by atoms with E-state index in [-0.39, 0.29) is 13.4 Å². The van der Waals surface area contributed by atoms with Crippen LogP contribution in [0.4, 0.5) is 34.1 Å². The van der Waals surface area contributed by atoms with Crippen molar-refractivity contribution in [3.8, 4) is 16.8 Å². The highest BCUT2D eigenvalue weighted by Gasteiger charge is 2.46. The van der Waals surface area contributed by atoms with Gasteiger partial charge in [0, 0.05) is 54.7 Å². The van der Waals surface area contributed by atoms with Crippen LogP contribution < -0.4 is 42.6 Å². The quantitative estimate of drug-likeness (QED) is 0.160. The number of aromatic nitrogens is 1. The zero-order valence-electron chi connectivity index (χ0n) is 38.7. The summed E-state index contributed by atoms with van der Waals surface area (Å²) in [6.45, 7) is 6.86. The van der Waals surface area contributed by atoms with Gasteiger partial charge in [0.1, 0.15) is 0 Å². The van der Waals surface area contributed by atoms with Gasteiger partial charge in [-0.1, -0.05) is 196 Å². The number of benzene rings is 10. The smallest absolute Gasteiger partial charge is 0.252 e. The normalized spacial score (nSPS) is 13.3. The summed E-state index contributed by atoms with van der Waals surface area (Å²) >= 11 is 1.92. The topological polar surface area (TPSA) is 11.4 Å². The summed E-state index contributed by atoms with van der Waals surface area (Å²) in [6.07, 6.45) is 0. The van der Waals surface area contributed by atoms with Crippen molar-refractivity contribution in [2.75, 3.05) is 9.80 Å². The number of nitrogens with zero attached hydrogens (tertiary/aromatic N) is 3. The SMILES string of the molecule is Cc1cc(C)c(B2c3ccccc3Sc3cc4c(cc32)B2c3ccc(-c5ccccc5)cc3N(c3ccccc3)c3cc(-n5c6ccccc6c6ccccc65)cc(c32)N4c2ccccc2)c(C)c1. The number of fused-ring (bicyclic) bond motifs is 9. The summed E-state index contributed by atoms with van der Waals surface area (Å²) in [7, 11) is 0. The molecule has 0 N–H and O–H groups in total. The van der Waals surface area contributed by atoms with Gasteiger partial charge in [-0.25, -0.2) is 0 Å². The van der Waals surface area contributed by atoms with Crippen molar-refractivity contribution < 1.29 is 0 Å². The summed E-state index contributed by atoms with van der Waals surface area (Å²) in [5, 5.41) is 2.50. The van der Waals surface area contributed by atoms with E-state index < -0.39 is 0 Å². The highest BCUT2D eigenvalue weighted by molar-refractivity contribution is 8.00. The van der Waals surface area contributed by atoms with Crippen LogP contribution in [0.3, 0.4) is 0 Å². The highest BCUT2D eigenvalue weighted by atomic mass is 32.2. The molecule has 0 bridgehead atoms. The van der Waals surface area contributed by atoms with Gasteiger partial charge in [-0.2, -0.15) is 0 Å². The molecule has 0 amide bonds. The molecule has 6 heteroatoms. The predicted molar refractivity (Wildman–Crippen MR) is 296 cm³/mol. The molecular weight excluding hydrogens is 852 g/mol. The highest BCUT2D eigenvalue weighted by Crippen LogP contribution is 2.48. The number of hydrogen-bond acceptors (Lipinski definition) is 3. The maximum Gasteiger partial charge on any atom is 0.252 e. The van der Waals surface area contributed by atoms with E-state index in [4.69, 9.17) is 0 Å². The number of hydrogen-bond donors (Lipinski definition) is 0. The van der Waals surface area contributed by atoms with Crippen LogP contribution in [0.2, 0.25) is 0 Å². The molecule has 11 aromatic rings. The molecule has 14 rings (SSSR count). The van der Waals surface area contributed by atoms with Crippen LogP contribution in [0.5, 0.6) is 0 Å². The number of aryl methyl sites for hydroxylation is 3. The fraction of sp³-hybridized carbons (Fsp3) is 0.0476. The molecule has 3 aliphatic rings. The first kappa shape index (κ1) is 40.2.